The van der Waals surface area contributed by atoms with E-state index < -0.39 is 0 Å². The minimum absolute atomic E-state index is 0.185. The maximum absolute atomic E-state index is 10.4. The van der Waals surface area contributed by atoms with E-state index in [0.717, 1.165) is 0 Å². The lowest BCUT2D eigenvalue weighted by atomic mass is 10.6. The molecule has 0 atom stereocenters. The van der Waals surface area contributed by atoms with Gasteiger partial charge in [0, 0.05) is 0 Å². The van der Waals surface area contributed by atoms with Gasteiger partial charge in [0.2, 0.25) is 0 Å². The Labute approximate surface area is 53.2 Å². The van der Waals surface area contributed by atoms with E-state index in [1.807, 2.05) is 0 Å². The first-order chi connectivity index (χ1) is 3.72. The fraction of sp³-hybridized carbons (Fsp3) is 0. The van der Waals surface area contributed by atoms with Gasteiger partial charge in [-0.2, -0.15) is 0 Å². The lowest BCUT2D eigenvalue weighted by molar-refractivity contribution is 1.04. The van der Waals surface area contributed by atoms with Crippen LogP contribution < -0.4 is 11.3 Å². The summed E-state index contributed by atoms with van der Waals surface area (Å²) in [7, 11) is 0. The molecule has 0 amide bonds. The van der Waals surface area contributed by atoms with Gasteiger partial charge in [-0.15, -0.1) is 0 Å². The summed E-state index contributed by atoms with van der Waals surface area (Å²) in [6, 6.07) is 0. The molecule has 0 aliphatic heterocycles. The molecule has 0 aliphatic rings. The third-order valence-corrected chi connectivity index (χ3v) is 1.39. The second-order valence-electron chi connectivity index (χ2n) is 1.31. The third-order valence-electron chi connectivity index (χ3n) is 0.767. The van der Waals surface area contributed by atoms with Gasteiger partial charge in [-0.25, -0.2) is 0 Å². The van der Waals surface area contributed by atoms with Gasteiger partial charge in [0.25, 0.3) is 5.56 Å². The fourth-order valence-electron chi connectivity index (χ4n) is 0.346. The first kappa shape index (κ1) is 5.43. The number of H-pyrrole nitrogens is 2. The Hall–Kier alpha value is -0.710. The number of nitrogen functional groups attached to an aromatic ring is 1. The average molecular weight is 178 g/mol. The van der Waals surface area contributed by atoms with E-state index in [0.29, 0.717) is 4.60 Å². The second kappa shape index (κ2) is 1.66. The van der Waals surface area contributed by atoms with Gasteiger partial charge in [-0.05, 0) is 15.9 Å². The van der Waals surface area contributed by atoms with E-state index in [1.165, 1.54) is 0 Å². The van der Waals surface area contributed by atoms with E-state index >= 15 is 0 Å². The first-order valence-electron chi connectivity index (χ1n) is 1.93. The second-order valence-corrected chi connectivity index (χ2v) is 2.10. The van der Waals surface area contributed by atoms with Gasteiger partial charge < -0.3 is 5.73 Å². The maximum Gasteiger partial charge on any atom is 0.288 e. The van der Waals surface area contributed by atoms with E-state index in [2.05, 4.69) is 26.1 Å². The third kappa shape index (κ3) is 0.645. The molecule has 0 aliphatic carbocycles. The van der Waals surface area contributed by atoms with Crippen LogP contribution in [0.15, 0.2) is 9.40 Å². The minimum atomic E-state index is -0.295. The molecule has 4 N–H and O–H groups in total. The Morgan fingerprint density at radius 1 is 1.50 bits per heavy atom. The lowest BCUT2D eigenvalue weighted by Gasteiger charge is -1.76. The Balaban J connectivity index is 3.41. The predicted octanol–water partition coefficient (Wildman–Crippen LogP) is 0.0477. The molecule has 8 heavy (non-hydrogen) atoms. The van der Waals surface area contributed by atoms with Crippen LogP contribution in [0.4, 0.5) is 5.69 Å². The molecule has 0 saturated heterocycles. The Bertz CT molecular complexity index is 237. The van der Waals surface area contributed by atoms with Crippen LogP contribution in [0.5, 0.6) is 0 Å². The van der Waals surface area contributed by atoms with E-state index in [9.17, 15) is 4.79 Å². The van der Waals surface area contributed by atoms with Crippen molar-refractivity contribution in [2.24, 2.45) is 0 Å². The highest BCUT2D eigenvalue weighted by atomic mass is 79.9. The zero-order valence-corrected chi connectivity index (χ0v) is 5.45. The highest BCUT2D eigenvalue weighted by Crippen LogP contribution is 2.07. The summed E-state index contributed by atoms with van der Waals surface area (Å²) in [6.45, 7) is 0. The summed E-state index contributed by atoms with van der Waals surface area (Å²) >= 11 is 3.00. The van der Waals surface area contributed by atoms with Gasteiger partial charge in [0.1, 0.15) is 10.3 Å². The van der Waals surface area contributed by atoms with Gasteiger partial charge in [0.15, 0.2) is 0 Å². The zero-order valence-electron chi connectivity index (χ0n) is 3.86. The fourth-order valence-corrected chi connectivity index (χ4v) is 0.625. The number of rotatable bonds is 0. The van der Waals surface area contributed by atoms with Crippen LogP contribution in [0.1, 0.15) is 0 Å². The summed E-state index contributed by atoms with van der Waals surface area (Å²) in [5.74, 6) is 0. The number of hydrogen-bond acceptors (Lipinski definition) is 2. The standard InChI is InChI=1S/C3H4BrN3O/c4-2-1(5)3(8)7-6-2/h5H2,(H2,6,7,8). The molecular weight excluding hydrogens is 174 g/mol. The largest absolute Gasteiger partial charge is 0.392 e. The number of aromatic nitrogens is 2. The van der Waals surface area contributed by atoms with Gasteiger partial charge >= 0.3 is 0 Å². The van der Waals surface area contributed by atoms with Crippen LogP contribution in [0.2, 0.25) is 0 Å². The normalized spacial score (nSPS) is 9.62. The molecule has 0 fully saturated rings. The van der Waals surface area contributed by atoms with E-state index in [4.69, 9.17) is 5.73 Å². The SMILES string of the molecule is Nc1c(Br)[nH][nH]c1=O. The monoisotopic (exact) mass is 177 g/mol. The molecule has 0 saturated carbocycles. The van der Waals surface area contributed by atoms with Gasteiger partial charge in [-0.3, -0.25) is 15.0 Å². The molecule has 44 valence electrons. The van der Waals surface area contributed by atoms with Crippen LogP contribution in [-0.4, -0.2) is 10.2 Å². The average Bonchev–Trinajstić information content (AvgIpc) is 1.98. The summed E-state index contributed by atoms with van der Waals surface area (Å²) in [5, 5.41) is 4.77. The lowest BCUT2D eigenvalue weighted by Crippen LogP contribution is -2.03. The van der Waals surface area contributed by atoms with Gasteiger partial charge in [0.05, 0.1) is 0 Å². The predicted molar refractivity (Wildman–Crippen MR) is 33.5 cm³/mol. The number of hydrogen-bond donors (Lipinski definition) is 3. The van der Waals surface area contributed by atoms with Crippen LogP contribution in [-0.2, 0) is 0 Å². The summed E-state index contributed by atoms with van der Waals surface area (Å²) in [5.41, 5.74) is 5.07. The molecule has 4 nitrogen and oxygen atoms in total. The molecule has 0 aromatic carbocycles. The number of anilines is 1. The molecule has 0 bridgehead atoms. The molecular formula is C3H4BrN3O. The number of aromatic amines is 2. The van der Waals surface area contributed by atoms with Crippen molar-refractivity contribution in [3.05, 3.63) is 15.0 Å². The van der Waals surface area contributed by atoms with Crippen molar-refractivity contribution in [1.82, 2.24) is 10.2 Å². The van der Waals surface area contributed by atoms with Crippen LogP contribution in [0.25, 0.3) is 0 Å². The summed E-state index contributed by atoms with van der Waals surface area (Å²) < 4.78 is 0.502. The van der Waals surface area contributed by atoms with E-state index in [1.54, 1.807) is 0 Å². The minimum Gasteiger partial charge on any atom is -0.392 e. The van der Waals surface area contributed by atoms with Crippen LogP contribution >= 0.6 is 15.9 Å². The first-order valence-corrected chi connectivity index (χ1v) is 2.72. The number of halogens is 1. The van der Waals surface area contributed by atoms with Crippen molar-refractivity contribution in [2.45, 2.75) is 0 Å². The Morgan fingerprint density at radius 3 is 2.25 bits per heavy atom. The molecule has 1 aromatic rings. The Morgan fingerprint density at radius 2 is 2.12 bits per heavy atom. The van der Waals surface area contributed by atoms with E-state index in [-0.39, 0.29) is 11.2 Å². The van der Waals surface area contributed by atoms with Crippen molar-refractivity contribution in [3.63, 3.8) is 0 Å². The molecule has 0 unspecified atom stereocenters. The summed E-state index contributed by atoms with van der Waals surface area (Å²) in [4.78, 5) is 10.4. The van der Waals surface area contributed by atoms with Crippen LogP contribution in [0.3, 0.4) is 0 Å². The Kier molecular flexibility index (Phi) is 1.13. The van der Waals surface area contributed by atoms with Crippen LogP contribution in [0, 0.1) is 0 Å². The molecule has 1 heterocycles. The molecule has 0 spiro atoms. The van der Waals surface area contributed by atoms with Crippen molar-refractivity contribution in [3.8, 4) is 0 Å². The highest BCUT2D eigenvalue weighted by molar-refractivity contribution is 9.10. The zero-order chi connectivity index (χ0) is 6.15. The number of nitrogens with two attached hydrogens (primary N) is 1. The molecule has 1 aromatic heterocycles. The summed E-state index contributed by atoms with van der Waals surface area (Å²) in [6.07, 6.45) is 0. The van der Waals surface area contributed by atoms with Crippen molar-refractivity contribution < 1.29 is 0 Å². The quantitative estimate of drug-likeness (QED) is 0.524. The molecule has 5 heteroatoms. The number of nitrogens with one attached hydrogen (secondary N) is 2. The molecule has 1 rings (SSSR count). The van der Waals surface area contributed by atoms with Gasteiger partial charge in [-0.1, -0.05) is 0 Å². The highest BCUT2D eigenvalue weighted by Gasteiger charge is 1.98. The molecule has 0 radical (unpaired) electrons. The van der Waals surface area contributed by atoms with Crippen molar-refractivity contribution in [1.29, 1.82) is 0 Å². The van der Waals surface area contributed by atoms with Crippen molar-refractivity contribution >= 4 is 21.6 Å². The topological polar surface area (TPSA) is 74.7 Å². The smallest absolute Gasteiger partial charge is 0.288 e. The van der Waals surface area contributed by atoms with Crippen molar-refractivity contribution in [2.75, 3.05) is 5.73 Å². The maximum atomic E-state index is 10.4.